The van der Waals surface area contributed by atoms with E-state index < -0.39 is 28.6 Å². The molecule has 4 heterocycles. The number of nitriles is 1. The highest BCUT2D eigenvalue weighted by atomic mass is 19.2. The normalized spacial score (nSPS) is 20.5. The van der Waals surface area contributed by atoms with E-state index in [9.17, 15) is 23.9 Å². The third kappa shape index (κ3) is 3.54. The predicted molar refractivity (Wildman–Crippen MR) is 123 cm³/mol. The molecule has 1 unspecified atom stereocenters. The van der Waals surface area contributed by atoms with Gasteiger partial charge in [0.1, 0.15) is 0 Å². The van der Waals surface area contributed by atoms with Crippen molar-refractivity contribution >= 4 is 28.0 Å². The van der Waals surface area contributed by atoms with Crippen LogP contribution in [0.5, 0.6) is 0 Å². The first-order valence-corrected chi connectivity index (χ1v) is 11.1. The van der Waals surface area contributed by atoms with E-state index in [0.29, 0.717) is 33.4 Å². The molecule has 0 amide bonds. The van der Waals surface area contributed by atoms with Gasteiger partial charge in [0, 0.05) is 46.2 Å². The summed E-state index contributed by atoms with van der Waals surface area (Å²) < 4.78 is 35.8. The summed E-state index contributed by atoms with van der Waals surface area (Å²) >= 11 is 0. The number of carboxylic acids is 1. The fraction of sp³-hybridized carbons (Fsp3) is 0.360. The Labute approximate surface area is 199 Å². The van der Waals surface area contributed by atoms with Crippen LogP contribution in [0.1, 0.15) is 50.8 Å². The second kappa shape index (κ2) is 7.85. The third-order valence-corrected chi connectivity index (χ3v) is 6.80. The number of aliphatic carboxylic acids is 1. The molecule has 0 aliphatic carbocycles. The zero-order valence-corrected chi connectivity index (χ0v) is 19.4. The molecule has 3 aromatic heterocycles. The molecule has 4 aromatic rings. The van der Waals surface area contributed by atoms with Crippen LogP contribution in [0.2, 0.25) is 0 Å². The van der Waals surface area contributed by atoms with Gasteiger partial charge in [-0.2, -0.15) is 10.4 Å². The van der Waals surface area contributed by atoms with Crippen LogP contribution in [-0.4, -0.2) is 43.0 Å². The average molecular weight is 479 g/mol. The van der Waals surface area contributed by atoms with Gasteiger partial charge in [-0.3, -0.25) is 5.10 Å². The number of nitrogens with zero attached hydrogens (tertiary/aromatic N) is 4. The van der Waals surface area contributed by atoms with Gasteiger partial charge in [-0.15, -0.1) is 0 Å². The molecule has 2 N–H and O–H groups in total. The Bertz CT molecular complexity index is 1530. The summed E-state index contributed by atoms with van der Waals surface area (Å²) in [4.78, 5) is 16.7. The van der Waals surface area contributed by atoms with E-state index >= 15 is 0 Å². The van der Waals surface area contributed by atoms with Gasteiger partial charge >= 0.3 is 5.97 Å². The number of carbonyl (C=O) groups is 1. The summed E-state index contributed by atoms with van der Waals surface area (Å²) in [6.45, 7) is 5.45. The van der Waals surface area contributed by atoms with Crippen molar-refractivity contribution in [2.24, 2.45) is 0 Å². The molecule has 0 bridgehead atoms. The molecule has 0 radical (unpaired) electrons. The van der Waals surface area contributed by atoms with Gasteiger partial charge in [0.2, 0.25) is 0 Å². The van der Waals surface area contributed by atoms with Crippen molar-refractivity contribution in [3.05, 3.63) is 53.4 Å². The molecule has 1 aliphatic rings. The van der Waals surface area contributed by atoms with E-state index in [4.69, 9.17) is 9.72 Å². The maximum atomic E-state index is 14.4. The Balaban J connectivity index is 1.89. The van der Waals surface area contributed by atoms with Crippen molar-refractivity contribution < 1.29 is 23.4 Å². The van der Waals surface area contributed by atoms with E-state index in [1.807, 2.05) is 19.9 Å². The van der Waals surface area contributed by atoms with E-state index in [1.54, 1.807) is 10.8 Å². The third-order valence-electron chi connectivity index (χ3n) is 6.80. The summed E-state index contributed by atoms with van der Waals surface area (Å²) in [5.41, 5.74) is 1.36. The van der Waals surface area contributed by atoms with Gasteiger partial charge in [0.05, 0.1) is 29.9 Å². The standard InChI is InChI=1S/C25H23F2N5O3/c1-24(2,6-7-28)21-19(14-10-25(3,23(33)34)35-12-14)20-18(8-13-11-29-31-22(13)30-20)32(21)15-4-5-16(26)17(27)9-15/h4-5,8-9,11,14H,6,10,12H2,1-3H3,(H,33,34)(H,29,30,31)/t14?,25-/m1/s1. The molecule has 8 nitrogen and oxygen atoms in total. The maximum absolute atomic E-state index is 14.4. The molecule has 10 heteroatoms. The van der Waals surface area contributed by atoms with Crippen LogP contribution in [-0.2, 0) is 14.9 Å². The lowest BCUT2D eigenvalue weighted by atomic mass is 9.79. The van der Waals surface area contributed by atoms with Crippen LogP contribution < -0.4 is 0 Å². The highest BCUT2D eigenvalue weighted by molar-refractivity contribution is 5.94. The number of pyridine rings is 1. The van der Waals surface area contributed by atoms with Gasteiger partial charge in [0.25, 0.3) is 0 Å². The first kappa shape index (κ1) is 22.9. The van der Waals surface area contributed by atoms with Gasteiger partial charge in [0.15, 0.2) is 22.9 Å². The SMILES string of the molecule is CC(C)(CC#N)c1c(C2CO[C@@](C)(C(=O)O)C2)c2nc3[nH]ncc3cc2n1-c1ccc(F)c(F)c1. The number of H-pyrrole nitrogens is 1. The van der Waals surface area contributed by atoms with Crippen LogP contribution in [0.25, 0.3) is 27.8 Å². The first-order chi connectivity index (χ1) is 16.6. The highest BCUT2D eigenvalue weighted by Gasteiger charge is 2.46. The molecule has 35 heavy (non-hydrogen) atoms. The highest BCUT2D eigenvalue weighted by Crippen LogP contribution is 2.47. The molecule has 5 rings (SSSR count). The number of aromatic nitrogens is 4. The Morgan fingerprint density at radius 2 is 2.14 bits per heavy atom. The van der Waals surface area contributed by atoms with Crippen LogP contribution in [0.4, 0.5) is 8.78 Å². The molecule has 1 fully saturated rings. The van der Waals surface area contributed by atoms with Crippen LogP contribution >= 0.6 is 0 Å². The average Bonchev–Trinajstić information content (AvgIpc) is 3.50. The number of aromatic amines is 1. The fourth-order valence-electron chi connectivity index (χ4n) is 5.02. The van der Waals surface area contributed by atoms with E-state index in [1.165, 1.54) is 13.0 Å². The molecular weight excluding hydrogens is 456 g/mol. The lowest BCUT2D eigenvalue weighted by Gasteiger charge is -2.28. The smallest absolute Gasteiger partial charge is 0.335 e. The molecule has 1 aromatic carbocycles. The molecule has 1 saturated heterocycles. The number of rotatable bonds is 5. The van der Waals surface area contributed by atoms with E-state index in [2.05, 4.69) is 16.3 Å². The number of carboxylic acid groups (broad SMARTS) is 1. The molecule has 0 spiro atoms. The number of halogens is 2. The number of nitrogens with one attached hydrogen (secondary N) is 1. The minimum atomic E-state index is -1.38. The van der Waals surface area contributed by atoms with E-state index in [0.717, 1.165) is 17.7 Å². The monoisotopic (exact) mass is 479 g/mol. The number of hydrogen-bond donors (Lipinski definition) is 2. The maximum Gasteiger partial charge on any atom is 0.335 e. The summed E-state index contributed by atoms with van der Waals surface area (Å²) in [5, 5.41) is 27.0. The number of benzene rings is 1. The minimum Gasteiger partial charge on any atom is -0.479 e. The van der Waals surface area contributed by atoms with Gasteiger partial charge in [-0.1, -0.05) is 13.8 Å². The number of hydrogen-bond acceptors (Lipinski definition) is 5. The second-order valence-electron chi connectivity index (χ2n) is 9.83. The van der Waals surface area contributed by atoms with Crippen molar-refractivity contribution in [2.75, 3.05) is 6.61 Å². The van der Waals surface area contributed by atoms with Crippen molar-refractivity contribution in [3.8, 4) is 11.8 Å². The lowest BCUT2D eigenvalue weighted by molar-refractivity contribution is -0.157. The van der Waals surface area contributed by atoms with Crippen LogP contribution in [0.15, 0.2) is 30.5 Å². The topological polar surface area (TPSA) is 117 Å². The number of ether oxygens (including phenoxy) is 1. The predicted octanol–water partition coefficient (Wildman–Crippen LogP) is 4.72. The summed E-state index contributed by atoms with van der Waals surface area (Å²) in [6, 6.07) is 7.71. The summed E-state index contributed by atoms with van der Waals surface area (Å²) in [5.74, 6) is -3.40. The molecule has 180 valence electrons. The Morgan fingerprint density at radius 3 is 2.80 bits per heavy atom. The van der Waals surface area contributed by atoms with Crippen molar-refractivity contribution in [2.45, 2.75) is 50.5 Å². The molecule has 2 atom stereocenters. The van der Waals surface area contributed by atoms with Gasteiger partial charge in [-0.05, 0) is 31.5 Å². The van der Waals surface area contributed by atoms with E-state index in [-0.39, 0.29) is 25.4 Å². The summed E-state index contributed by atoms with van der Waals surface area (Å²) in [7, 11) is 0. The molecule has 1 aliphatic heterocycles. The largest absolute Gasteiger partial charge is 0.479 e. The van der Waals surface area contributed by atoms with Gasteiger partial charge < -0.3 is 14.4 Å². The molecular formula is C25H23F2N5O3. The summed E-state index contributed by atoms with van der Waals surface area (Å²) in [6.07, 6.45) is 1.94. The Morgan fingerprint density at radius 1 is 1.37 bits per heavy atom. The lowest BCUT2D eigenvalue weighted by Crippen LogP contribution is -2.34. The zero-order valence-electron chi connectivity index (χ0n) is 19.4. The van der Waals surface area contributed by atoms with Crippen LogP contribution in [0, 0.1) is 23.0 Å². The zero-order chi connectivity index (χ0) is 25.1. The molecule has 0 saturated carbocycles. The Kier molecular flexibility index (Phi) is 5.14. The van der Waals surface area contributed by atoms with Crippen molar-refractivity contribution in [1.29, 1.82) is 5.26 Å². The van der Waals surface area contributed by atoms with Crippen molar-refractivity contribution in [1.82, 2.24) is 19.7 Å². The fourth-order valence-corrected chi connectivity index (χ4v) is 5.02. The minimum absolute atomic E-state index is 0.128. The van der Waals surface area contributed by atoms with Gasteiger partial charge in [-0.25, -0.2) is 18.6 Å². The Hall–Kier alpha value is -3.84. The van der Waals surface area contributed by atoms with Crippen molar-refractivity contribution in [3.63, 3.8) is 0 Å². The second-order valence-corrected chi connectivity index (χ2v) is 9.83. The van der Waals surface area contributed by atoms with Crippen LogP contribution in [0.3, 0.4) is 0 Å². The first-order valence-electron chi connectivity index (χ1n) is 11.1. The quantitative estimate of drug-likeness (QED) is 0.428. The number of fused-ring (bicyclic) bond motifs is 2.